The minimum atomic E-state index is -4.46. The van der Waals surface area contributed by atoms with Crippen LogP contribution in [0.25, 0.3) is 6.08 Å². The number of nitrogens with one attached hydrogen (secondary N) is 1. The number of esters is 1. The molecule has 1 heterocycles. The van der Waals surface area contributed by atoms with E-state index in [9.17, 15) is 22.8 Å². The second-order valence-electron chi connectivity index (χ2n) is 5.97. The maximum absolute atomic E-state index is 12.5. The molecule has 1 N–H and O–H groups in total. The van der Waals surface area contributed by atoms with Crippen LogP contribution in [0.15, 0.2) is 48.5 Å². The smallest absolute Gasteiger partial charge is 0.416 e. The number of benzene rings is 2. The summed E-state index contributed by atoms with van der Waals surface area (Å²) in [5.74, 6) is -0.230. The maximum Gasteiger partial charge on any atom is 0.416 e. The third-order valence-electron chi connectivity index (χ3n) is 3.82. The minimum absolute atomic E-state index is 0.158. The first-order chi connectivity index (χ1) is 13.8. The van der Waals surface area contributed by atoms with Crippen molar-refractivity contribution in [1.29, 1.82) is 0 Å². The second-order valence-corrected chi connectivity index (χ2v) is 5.97. The second kappa shape index (κ2) is 8.68. The number of ether oxygens (including phenoxy) is 3. The summed E-state index contributed by atoms with van der Waals surface area (Å²) in [6.45, 7) is 0.338. The Labute approximate surface area is 163 Å². The number of hydrogen-bond donors (Lipinski definition) is 1. The molecular formula is C20H16F3NO5. The third kappa shape index (κ3) is 5.74. The fourth-order valence-corrected chi connectivity index (χ4v) is 2.45. The molecule has 3 rings (SSSR count). The Balaban J connectivity index is 1.47. The number of hydrogen-bond acceptors (Lipinski definition) is 5. The molecule has 152 valence electrons. The van der Waals surface area contributed by atoms with Crippen LogP contribution in [0.2, 0.25) is 0 Å². The van der Waals surface area contributed by atoms with Gasteiger partial charge in [0.15, 0.2) is 18.1 Å². The molecule has 1 aliphatic rings. The van der Waals surface area contributed by atoms with Crippen molar-refractivity contribution in [2.45, 2.75) is 6.18 Å². The largest absolute Gasteiger partial charge is 0.486 e. The summed E-state index contributed by atoms with van der Waals surface area (Å²) < 4.78 is 53.2. The Morgan fingerprint density at radius 3 is 2.41 bits per heavy atom. The highest BCUT2D eigenvalue weighted by molar-refractivity contribution is 5.94. The van der Waals surface area contributed by atoms with Crippen molar-refractivity contribution in [1.82, 2.24) is 0 Å². The van der Waals surface area contributed by atoms with E-state index in [-0.39, 0.29) is 5.69 Å². The van der Waals surface area contributed by atoms with Crippen LogP contribution in [0.4, 0.5) is 18.9 Å². The lowest BCUT2D eigenvalue weighted by atomic mass is 10.2. The first-order valence-corrected chi connectivity index (χ1v) is 8.53. The summed E-state index contributed by atoms with van der Waals surface area (Å²) in [6.07, 6.45) is -1.81. The summed E-state index contributed by atoms with van der Waals surface area (Å²) in [5.41, 5.74) is 0.0116. The molecule has 2 aromatic carbocycles. The molecule has 9 heteroatoms. The molecule has 1 aliphatic heterocycles. The third-order valence-corrected chi connectivity index (χ3v) is 3.82. The lowest BCUT2D eigenvalue weighted by molar-refractivity contribution is -0.142. The molecule has 0 aromatic heterocycles. The van der Waals surface area contributed by atoms with Crippen LogP contribution in [0.3, 0.4) is 0 Å². The summed E-state index contributed by atoms with van der Waals surface area (Å²) >= 11 is 0. The minimum Gasteiger partial charge on any atom is -0.486 e. The van der Waals surface area contributed by atoms with Gasteiger partial charge in [0.25, 0.3) is 5.91 Å². The van der Waals surface area contributed by atoms with E-state index in [1.54, 1.807) is 18.2 Å². The summed E-state index contributed by atoms with van der Waals surface area (Å²) in [6, 6.07) is 9.07. The monoisotopic (exact) mass is 407 g/mol. The first kappa shape index (κ1) is 20.2. The van der Waals surface area contributed by atoms with Crippen molar-refractivity contribution >= 4 is 23.6 Å². The van der Waals surface area contributed by atoms with Gasteiger partial charge in [-0.15, -0.1) is 0 Å². The van der Waals surface area contributed by atoms with Crippen molar-refractivity contribution in [2.75, 3.05) is 25.1 Å². The van der Waals surface area contributed by atoms with E-state index in [0.29, 0.717) is 30.3 Å². The van der Waals surface area contributed by atoms with Crippen LogP contribution in [-0.2, 0) is 20.5 Å². The zero-order valence-electron chi connectivity index (χ0n) is 15.0. The fourth-order valence-electron chi connectivity index (χ4n) is 2.45. The van der Waals surface area contributed by atoms with Gasteiger partial charge in [0.2, 0.25) is 0 Å². The Hall–Kier alpha value is -3.49. The molecule has 0 bridgehead atoms. The Morgan fingerprint density at radius 1 is 1.03 bits per heavy atom. The van der Waals surface area contributed by atoms with E-state index in [4.69, 9.17) is 14.2 Å². The number of fused-ring (bicyclic) bond motifs is 1. The average molecular weight is 407 g/mol. The van der Waals surface area contributed by atoms with Crippen LogP contribution in [0.1, 0.15) is 11.1 Å². The van der Waals surface area contributed by atoms with Gasteiger partial charge in [0.1, 0.15) is 13.2 Å². The predicted octanol–water partition coefficient (Wildman–Crippen LogP) is 3.67. The van der Waals surface area contributed by atoms with Crippen molar-refractivity contribution in [3.8, 4) is 11.5 Å². The number of halogens is 3. The van der Waals surface area contributed by atoms with Gasteiger partial charge < -0.3 is 19.5 Å². The van der Waals surface area contributed by atoms with Gasteiger partial charge in [0.05, 0.1) is 5.56 Å². The zero-order chi connectivity index (χ0) is 20.9. The molecule has 6 nitrogen and oxygen atoms in total. The normalized spacial score (nSPS) is 13.2. The SMILES string of the molecule is O=C(COC(=O)/C=C/c1ccc2c(c1)OCCO2)Nc1ccc(C(F)(F)F)cc1. The van der Waals surface area contributed by atoms with Gasteiger partial charge in [-0.1, -0.05) is 6.07 Å². The molecule has 0 saturated carbocycles. The van der Waals surface area contributed by atoms with Gasteiger partial charge in [-0.05, 0) is 48.0 Å². The number of carbonyl (C=O) groups is 2. The molecule has 0 unspecified atom stereocenters. The highest BCUT2D eigenvalue weighted by atomic mass is 19.4. The number of amides is 1. The van der Waals surface area contributed by atoms with Crippen LogP contribution >= 0.6 is 0 Å². The molecule has 0 aliphatic carbocycles. The van der Waals surface area contributed by atoms with Crippen LogP contribution in [-0.4, -0.2) is 31.7 Å². The molecule has 2 aromatic rings. The van der Waals surface area contributed by atoms with Gasteiger partial charge in [0, 0.05) is 11.8 Å². The highest BCUT2D eigenvalue weighted by Gasteiger charge is 2.30. The lowest BCUT2D eigenvalue weighted by Gasteiger charge is -2.18. The number of carbonyl (C=O) groups excluding carboxylic acids is 2. The lowest BCUT2D eigenvalue weighted by Crippen LogP contribution is -2.20. The average Bonchev–Trinajstić information content (AvgIpc) is 2.70. The van der Waals surface area contributed by atoms with Gasteiger partial charge >= 0.3 is 12.1 Å². The zero-order valence-corrected chi connectivity index (χ0v) is 15.0. The number of rotatable bonds is 5. The van der Waals surface area contributed by atoms with Crippen LogP contribution < -0.4 is 14.8 Å². The van der Waals surface area contributed by atoms with E-state index >= 15 is 0 Å². The van der Waals surface area contributed by atoms with Gasteiger partial charge in [-0.3, -0.25) is 4.79 Å². The van der Waals surface area contributed by atoms with E-state index < -0.39 is 30.2 Å². The first-order valence-electron chi connectivity index (χ1n) is 8.53. The Morgan fingerprint density at radius 2 is 1.72 bits per heavy atom. The van der Waals surface area contributed by atoms with Crippen LogP contribution in [0.5, 0.6) is 11.5 Å². The maximum atomic E-state index is 12.5. The molecule has 0 atom stereocenters. The quantitative estimate of drug-likeness (QED) is 0.605. The summed E-state index contributed by atoms with van der Waals surface area (Å²) in [4.78, 5) is 23.5. The molecule has 0 radical (unpaired) electrons. The van der Waals surface area contributed by atoms with Gasteiger partial charge in [-0.2, -0.15) is 13.2 Å². The van der Waals surface area contributed by atoms with E-state index in [0.717, 1.165) is 30.3 Å². The molecular weight excluding hydrogens is 391 g/mol. The van der Waals surface area contributed by atoms with E-state index in [1.807, 2.05) is 0 Å². The van der Waals surface area contributed by atoms with Crippen molar-refractivity contribution in [3.63, 3.8) is 0 Å². The molecule has 0 saturated heterocycles. The van der Waals surface area contributed by atoms with E-state index in [2.05, 4.69) is 5.32 Å². The van der Waals surface area contributed by atoms with Crippen LogP contribution in [0, 0.1) is 0 Å². The Bertz CT molecular complexity index is 923. The van der Waals surface area contributed by atoms with Crippen molar-refractivity contribution < 1.29 is 37.0 Å². The van der Waals surface area contributed by atoms with E-state index in [1.165, 1.54) is 6.08 Å². The topological polar surface area (TPSA) is 73.9 Å². The predicted molar refractivity (Wildman–Crippen MR) is 97.5 cm³/mol. The molecule has 29 heavy (non-hydrogen) atoms. The van der Waals surface area contributed by atoms with Crippen molar-refractivity contribution in [2.24, 2.45) is 0 Å². The van der Waals surface area contributed by atoms with Crippen molar-refractivity contribution in [3.05, 3.63) is 59.7 Å². The number of alkyl halides is 3. The fraction of sp³-hybridized carbons (Fsp3) is 0.200. The molecule has 1 amide bonds. The molecule has 0 spiro atoms. The summed E-state index contributed by atoms with van der Waals surface area (Å²) in [7, 11) is 0. The highest BCUT2D eigenvalue weighted by Crippen LogP contribution is 2.31. The van der Waals surface area contributed by atoms with Gasteiger partial charge in [-0.25, -0.2) is 4.79 Å². The number of anilines is 1. The summed E-state index contributed by atoms with van der Waals surface area (Å²) in [5, 5.41) is 2.35. The molecule has 0 fully saturated rings. The Kier molecular flexibility index (Phi) is 6.06. The standard InChI is InChI=1S/C20H16F3NO5/c21-20(22,23)14-3-5-15(6-4-14)24-18(25)12-29-19(26)8-2-13-1-7-16-17(11-13)28-10-9-27-16/h1-8,11H,9-10,12H2,(H,24,25)/b8-2+.